The Bertz CT molecular complexity index is 133. The van der Waals surface area contributed by atoms with Crippen LogP contribution in [0.1, 0.15) is 13.8 Å². The molecule has 0 aromatic rings. The van der Waals surface area contributed by atoms with Crippen molar-refractivity contribution in [1.82, 2.24) is 5.32 Å². The van der Waals surface area contributed by atoms with Gasteiger partial charge in [-0.05, 0) is 13.8 Å². The molecule has 1 N–H and O–H groups in total. The van der Waals surface area contributed by atoms with Crippen molar-refractivity contribution in [1.29, 1.82) is 0 Å². The molecule has 0 saturated heterocycles. The van der Waals surface area contributed by atoms with Gasteiger partial charge in [0.1, 0.15) is 0 Å². The first kappa shape index (κ1) is 12.3. The number of carbonyl (C=O) groups excluding carboxylic acids is 1. The highest BCUT2D eigenvalue weighted by Gasteiger charge is 2.16. The predicted molar refractivity (Wildman–Crippen MR) is 55.5 cm³/mol. The van der Waals surface area contributed by atoms with E-state index in [0.29, 0.717) is 18.9 Å². The quantitative estimate of drug-likeness (QED) is 0.325. The highest BCUT2D eigenvalue weighted by atomic mass is 79.9. The van der Waals surface area contributed by atoms with E-state index in [0.717, 1.165) is 4.66 Å². The van der Waals surface area contributed by atoms with Crippen LogP contribution in [-0.2, 0) is 9.53 Å². The van der Waals surface area contributed by atoms with Gasteiger partial charge in [0.05, 0.1) is 16.2 Å². The van der Waals surface area contributed by atoms with Crippen LogP contribution in [0.5, 0.6) is 0 Å². The van der Waals surface area contributed by atoms with Crippen molar-refractivity contribution in [3.63, 3.8) is 0 Å². The summed E-state index contributed by atoms with van der Waals surface area (Å²) in [5, 5.41) is 2.59. The summed E-state index contributed by atoms with van der Waals surface area (Å²) in [5.41, 5.74) is -0.282. The second-order valence-corrected chi connectivity index (χ2v) is 5.07. The second-order valence-electron chi connectivity index (χ2n) is 2.83. The number of carbonyl (C=O) groups is 1. The smallest absolute Gasteiger partial charge is 0.207 e. The molecule has 0 aromatic carbocycles. The van der Waals surface area contributed by atoms with Gasteiger partial charge in [-0.1, -0.05) is 15.9 Å². The first-order chi connectivity index (χ1) is 5.62. The van der Waals surface area contributed by atoms with Gasteiger partial charge in [0, 0.05) is 6.54 Å². The van der Waals surface area contributed by atoms with E-state index in [1.54, 1.807) is 11.8 Å². The Balaban J connectivity index is 3.48. The highest BCUT2D eigenvalue weighted by molar-refractivity contribution is 9.11. The maximum absolute atomic E-state index is 10.0. The molecular weight excluding hydrogens is 242 g/mol. The average Bonchev–Trinajstić information content (AvgIpc) is 2.01. The van der Waals surface area contributed by atoms with Crippen LogP contribution in [0.15, 0.2) is 0 Å². The zero-order chi connectivity index (χ0) is 9.45. The summed E-state index contributed by atoms with van der Waals surface area (Å²) in [5.74, 6) is 0.638. The third kappa shape index (κ3) is 6.94. The van der Waals surface area contributed by atoms with Crippen LogP contribution in [0.3, 0.4) is 0 Å². The number of amides is 1. The van der Waals surface area contributed by atoms with Gasteiger partial charge in [-0.3, -0.25) is 4.79 Å². The lowest BCUT2D eigenvalue weighted by Gasteiger charge is -2.24. The Hall–Kier alpha value is 0.260. The van der Waals surface area contributed by atoms with Gasteiger partial charge >= 0.3 is 0 Å². The molecule has 12 heavy (non-hydrogen) atoms. The summed E-state index contributed by atoms with van der Waals surface area (Å²) in [6, 6.07) is 0. The molecule has 0 radical (unpaired) electrons. The number of rotatable bonds is 7. The fourth-order valence-corrected chi connectivity index (χ4v) is 1.43. The van der Waals surface area contributed by atoms with Gasteiger partial charge in [-0.2, -0.15) is 0 Å². The summed E-state index contributed by atoms with van der Waals surface area (Å²) in [7, 11) is 0. The SMILES string of the molecule is CC(C)(CNC=O)OCSCBr. The van der Waals surface area contributed by atoms with Crippen LogP contribution in [0.2, 0.25) is 0 Å². The molecule has 0 fully saturated rings. The number of hydrogen-bond donors (Lipinski definition) is 1. The molecule has 0 aliphatic heterocycles. The van der Waals surface area contributed by atoms with Crippen LogP contribution in [0.4, 0.5) is 0 Å². The molecule has 5 heteroatoms. The van der Waals surface area contributed by atoms with Gasteiger partial charge < -0.3 is 10.1 Å². The summed E-state index contributed by atoms with van der Waals surface area (Å²) in [6.07, 6.45) is 0.683. The lowest BCUT2D eigenvalue weighted by molar-refractivity contribution is -0.110. The van der Waals surface area contributed by atoms with Gasteiger partial charge in [-0.25, -0.2) is 0 Å². The number of hydrogen-bond acceptors (Lipinski definition) is 3. The van der Waals surface area contributed by atoms with Gasteiger partial charge in [0.2, 0.25) is 6.41 Å². The van der Waals surface area contributed by atoms with Crippen molar-refractivity contribution in [3.8, 4) is 0 Å². The van der Waals surface area contributed by atoms with Crippen molar-refractivity contribution >= 4 is 34.1 Å². The molecule has 0 rings (SSSR count). The molecule has 0 atom stereocenters. The Morgan fingerprint density at radius 1 is 1.67 bits per heavy atom. The Morgan fingerprint density at radius 2 is 2.33 bits per heavy atom. The van der Waals surface area contributed by atoms with Crippen LogP contribution >= 0.6 is 27.7 Å². The molecule has 0 heterocycles. The minimum Gasteiger partial charge on any atom is -0.363 e. The van der Waals surface area contributed by atoms with Crippen molar-refractivity contribution < 1.29 is 9.53 Å². The Morgan fingerprint density at radius 3 is 2.83 bits per heavy atom. The zero-order valence-corrected chi connectivity index (χ0v) is 9.70. The first-order valence-corrected chi connectivity index (χ1v) is 5.85. The molecule has 72 valence electrons. The van der Waals surface area contributed by atoms with Gasteiger partial charge in [0.15, 0.2) is 0 Å². The minimum atomic E-state index is -0.282. The first-order valence-electron chi connectivity index (χ1n) is 3.57. The van der Waals surface area contributed by atoms with E-state index in [1.165, 1.54) is 0 Å². The lowest BCUT2D eigenvalue weighted by Crippen LogP contribution is -2.37. The number of thioether (sulfide) groups is 1. The molecule has 0 unspecified atom stereocenters. The highest BCUT2D eigenvalue weighted by Crippen LogP contribution is 2.12. The lowest BCUT2D eigenvalue weighted by atomic mass is 10.1. The second kappa shape index (κ2) is 6.74. The normalized spacial score (nSPS) is 11.2. The number of alkyl halides is 1. The van der Waals surface area contributed by atoms with Gasteiger partial charge in [-0.15, -0.1) is 11.8 Å². The van der Waals surface area contributed by atoms with E-state index in [-0.39, 0.29) is 5.60 Å². The zero-order valence-electron chi connectivity index (χ0n) is 7.30. The molecule has 0 bridgehead atoms. The summed E-state index contributed by atoms with van der Waals surface area (Å²) >= 11 is 4.93. The average molecular weight is 256 g/mol. The summed E-state index contributed by atoms with van der Waals surface area (Å²) < 4.78 is 6.35. The maximum Gasteiger partial charge on any atom is 0.207 e. The third-order valence-corrected chi connectivity index (χ3v) is 2.63. The van der Waals surface area contributed by atoms with E-state index < -0.39 is 0 Å². The standard InChI is InChI=1S/C7H14BrNO2S/c1-7(2,3-9-5-10)11-6-12-4-8/h5H,3-4,6H2,1-2H3,(H,9,10). The molecule has 0 aliphatic carbocycles. The van der Waals surface area contributed by atoms with E-state index in [9.17, 15) is 4.79 Å². The molecule has 0 saturated carbocycles. The minimum absolute atomic E-state index is 0.282. The number of halogens is 1. The summed E-state index contributed by atoms with van der Waals surface area (Å²) in [4.78, 5) is 10.0. The molecule has 0 aliphatic rings. The molecule has 3 nitrogen and oxygen atoms in total. The third-order valence-electron chi connectivity index (χ3n) is 1.22. The van der Waals surface area contributed by atoms with Crippen molar-refractivity contribution in [3.05, 3.63) is 0 Å². The van der Waals surface area contributed by atoms with Crippen molar-refractivity contribution in [2.45, 2.75) is 19.4 Å². The van der Waals surface area contributed by atoms with E-state index >= 15 is 0 Å². The fraction of sp³-hybridized carbons (Fsp3) is 0.857. The molecule has 1 amide bonds. The van der Waals surface area contributed by atoms with Crippen LogP contribution in [0, 0.1) is 0 Å². The fourth-order valence-electron chi connectivity index (χ4n) is 0.571. The van der Waals surface area contributed by atoms with E-state index in [2.05, 4.69) is 21.2 Å². The molecule has 0 spiro atoms. The van der Waals surface area contributed by atoms with E-state index in [1.807, 2.05) is 13.8 Å². The van der Waals surface area contributed by atoms with Crippen LogP contribution < -0.4 is 5.32 Å². The predicted octanol–water partition coefficient (Wildman–Crippen LogP) is 1.57. The largest absolute Gasteiger partial charge is 0.363 e. The van der Waals surface area contributed by atoms with Crippen molar-refractivity contribution in [2.24, 2.45) is 0 Å². The van der Waals surface area contributed by atoms with Crippen LogP contribution in [-0.4, -0.2) is 29.2 Å². The molecule has 0 aromatic heterocycles. The monoisotopic (exact) mass is 255 g/mol. The van der Waals surface area contributed by atoms with Gasteiger partial charge in [0.25, 0.3) is 0 Å². The van der Waals surface area contributed by atoms with E-state index in [4.69, 9.17) is 4.74 Å². The number of ether oxygens (including phenoxy) is 1. The van der Waals surface area contributed by atoms with Crippen molar-refractivity contribution in [2.75, 3.05) is 17.1 Å². The topological polar surface area (TPSA) is 38.3 Å². The maximum atomic E-state index is 10.0. The Labute approximate surface area is 85.7 Å². The van der Waals surface area contributed by atoms with Crippen LogP contribution in [0.25, 0.3) is 0 Å². The number of nitrogens with one attached hydrogen (secondary N) is 1. The molecular formula is C7H14BrNO2S. The Kier molecular flexibility index (Phi) is 6.89. The summed E-state index contributed by atoms with van der Waals surface area (Å²) in [6.45, 7) is 4.43.